The Labute approximate surface area is 175 Å². The number of anilines is 1. The van der Waals surface area contributed by atoms with E-state index in [1.807, 2.05) is 49.4 Å². The highest BCUT2D eigenvalue weighted by Crippen LogP contribution is 2.33. The molecule has 0 atom stereocenters. The van der Waals surface area contributed by atoms with Crippen LogP contribution < -0.4 is 9.64 Å². The Kier molecular flexibility index (Phi) is 5.90. The first-order chi connectivity index (χ1) is 14.1. The van der Waals surface area contributed by atoms with Gasteiger partial charge in [-0.3, -0.25) is 14.5 Å². The molecule has 5 nitrogen and oxygen atoms in total. The van der Waals surface area contributed by atoms with Gasteiger partial charge in [-0.05, 0) is 73.0 Å². The highest BCUT2D eigenvalue weighted by molar-refractivity contribution is 8.18. The van der Waals surface area contributed by atoms with Gasteiger partial charge in [0, 0.05) is 18.8 Å². The van der Waals surface area contributed by atoms with E-state index in [4.69, 9.17) is 4.74 Å². The molecule has 2 aromatic rings. The van der Waals surface area contributed by atoms with Crippen LogP contribution in [0.25, 0.3) is 6.08 Å². The number of para-hydroxylation sites is 1. The maximum Gasteiger partial charge on any atom is 0.293 e. The molecule has 0 aliphatic carbocycles. The van der Waals surface area contributed by atoms with Crippen molar-refractivity contribution in [1.82, 2.24) is 4.90 Å². The van der Waals surface area contributed by atoms with E-state index in [2.05, 4.69) is 17.0 Å². The van der Waals surface area contributed by atoms with Gasteiger partial charge >= 0.3 is 0 Å². The zero-order chi connectivity index (χ0) is 20.2. The molecule has 2 saturated heterocycles. The molecule has 2 fully saturated rings. The standard InChI is InChI=1S/C23H24N2O3S/c1-17-15-19(24-11-5-6-12-24)10-9-18(17)16-21-22(26)25(23(27)29-21)13-14-28-20-7-3-2-4-8-20/h2-4,7-10,15-16H,5-6,11-14H2,1H3/b21-16-. The third-order valence-corrected chi connectivity index (χ3v) is 6.12. The molecule has 0 bridgehead atoms. The van der Waals surface area contributed by atoms with Crippen LogP contribution in [0, 0.1) is 6.92 Å². The second kappa shape index (κ2) is 8.74. The number of hydrogen-bond donors (Lipinski definition) is 0. The first-order valence-corrected chi connectivity index (χ1v) is 10.7. The molecule has 2 aliphatic heterocycles. The van der Waals surface area contributed by atoms with Gasteiger partial charge in [-0.15, -0.1) is 0 Å². The second-order valence-electron chi connectivity index (χ2n) is 7.23. The Bertz CT molecular complexity index is 936. The lowest BCUT2D eigenvalue weighted by Gasteiger charge is -2.18. The lowest BCUT2D eigenvalue weighted by molar-refractivity contribution is -0.123. The van der Waals surface area contributed by atoms with Crippen LogP contribution in [-0.2, 0) is 4.79 Å². The lowest BCUT2D eigenvalue weighted by Crippen LogP contribution is -2.32. The maximum atomic E-state index is 12.7. The normalized spacial score (nSPS) is 18.2. The number of ether oxygens (including phenoxy) is 1. The van der Waals surface area contributed by atoms with Gasteiger partial charge in [0.15, 0.2) is 0 Å². The van der Waals surface area contributed by atoms with Crippen LogP contribution in [0.2, 0.25) is 0 Å². The molecular formula is C23H24N2O3S. The maximum absolute atomic E-state index is 12.7. The minimum absolute atomic E-state index is 0.240. The third kappa shape index (κ3) is 4.48. The average molecular weight is 409 g/mol. The Morgan fingerprint density at radius 2 is 1.83 bits per heavy atom. The summed E-state index contributed by atoms with van der Waals surface area (Å²) in [5.41, 5.74) is 3.30. The van der Waals surface area contributed by atoms with Crippen molar-refractivity contribution in [3.8, 4) is 5.75 Å². The number of amides is 2. The average Bonchev–Trinajstić information content (AvgIpc) is 3.35. The van der Waals surface area contributed by atoms with E-state index in [9.17, 15) is 9.59 Å². The Morgan fingerprint density at radius 1 is 1.07 bits per heavy atom. The van der Waals surface area contributed by atoms with Crippen molar-refractivity contribution in [3.63, 3.8) is 0 Å². The van der Waals surface area contributed by atoms with Gasteiger partial charge in [-0.1, -0.05) is 24.3 Å². The van der Waals surface area contributed by atoms with E-state index in [0.717, 1.165) is 41.7 Å². The number of benzene rings is 2. The minimum Gasteiger partial charge on any atom is -0.492 e. The van der Waals surface area contributed by atoms with Crippen molar-refractivity contribution >= 4 is 34.7 Å². The van der Waals surface area contributed by atoms with Crippen molar-refractivity contribution in [2.75, 3.05) is 31.1 Å². The first-order valence-electron chi connectivity index (χ1n) is 9.90. The fraction of sp³-hybridized carbons (Fsp3) is 0.304. The minimum atomic E-state index is -0.250. The Hall–Kier alpha value is -2.73. The molecule has 0 radical (unpaired) electrons. The highest BCUT2D eigenvalue weighted by Gasteiger charge is 2.34. The summed E-state index contributed by atoms with van der Waals surface area (Å²) < 4.78 is 5.62. The number of thioether (sulfide) groups is 1. The molecule has 0 aromatic heterocycles. The molecule has 2 aliphatic rings. The summed E-state index contributed by atoms with van der Waals surface area (Å²) in [4.78, 5) is 29.1. The van der Waals surface area contributed by atoms with Gasteiger partial charge in [-0.25, -0.2) is 0 Å². The molecule has 29 heavy (non-hydrogen) atoms. The summed E-state index contributed by atoms with van der Waals surface area (Å²) in [5, 5.41) is -0.246. The van der Waals surface area contributed by atoms with Crippen molar-refractivity contribution in [3.05, 3.63) is 64.6 Å². The molecule has 0 unspecified atom stereocenters. The van der Waals surface area contributed by atoms with Crippen LogP contribution >= 0.6 is 11.8 Å². The Morgan fingerprint density at radius 3 is 2.55 bits per heavy atom. The van der Waals surface area contributed by atoms with Gasteiger partial charge in [0.25, 0.3) is 11.1 Å². The molecule has 6 heteroatoms. The van der Waals surface area contributed by atoms with Gasteiger partial charge in [0.05, 0.1) is 11.4 Å². The zero-order valence-electron chi connectivity index (χ0n) is 16.5. The van der Waals surface area contributed by atoms with E-state index in [0.29, 0.717) is 4.91 Å². The van der Waals surface area contributed by atoms with Gasteiger partial charge in [-0.2, -0.15) is 0 Å². The number of aryl methyl sites for hydroxylation is 1. The number of carbonyl (C=O) groups is 2. The third-order valence-electron chi connectivity index (χ3n) is 5.21. The van der Waals surface area contributed by atoms with Crippen molar-refractivity contribution < 1.29 is 14.3 Å². The predicted octanol–water partition coefficient (Wildman–Crippen LogP) is 4.71. The number of nitrogens with zero attached hydrogens (tertiary/aromatic N) is 2. The SMILES string of the molecule is Cc1cc(N2CCCC2)ccc1/C=C1\SC(=O)N(CCOc2ccccc2)C1=O. The number of hydrogen-bond acceptors (Lipinski definition) is 5. The monoisotopic (exact) mass is 408 g/mol. The number of carbonyl (C=O) groups excluding carboxylic acids is 2. The summed E-state index contributed by atoms with van der Waals surface area (Å²) in [6.45, 7) is 4.76. The predicted molar refractivity (Wildman–Crippen MR) is 117 cm³/mol. The first kappa shape index (κ1) is 19.6. The van der Waals surface area contributed by atoms with E-state index in [1.165, 1.54) is 23.4 Å². The molecule has 0 spiro atoms. The zero-order valence-corrected chi connectivity index (χ0v) is 17.3. The van der Waals surface area contributed by atoms with Gasteiger partial charge < -0.3 is 9.64 Å². The summed E-state index contributed by atoms with van der Waals surface area (Å²) in [5.74, 6) is 0.475. The lowest BCUT2D eigenvalue weighted by atomic mass is 10.1. The van der Waals surface area contributed by atoms with Crippen LogP contribution in [0.1, 0.15) is 24.0 Å². The Balaban J connectivity index is 1.41. The number of rotatable bonds is 6. The molecular weight excluding hydrogens is 384 g/mol. The van der Waals surface area contributed by atoms with Crippen LogP contribution in [0.4, 0.5) is 10.5 Å². The molecule has 0 N–H and O–H groups in total. The summed E-state index contributed by atoms with van der Waals surface area (Å²) in [7, 11) is 0. The quantitative estimate of drug-likeness (QED) is 0.648. The molecule has 0 saturated carbocycles. The van der Waals surface area contributed by atoms with Crippen LogP contribution in [0.5, 0.6) is 5.75 Å². The van der Waals surface area contributed by atoms with E-state index >= 15 is 0 Å². The largest absolute Gasteiger partial charge is 0.492 e. The van der Waals surface area contributed by atoms with Crippen molar-refractivity contribution in [1.29, 1.82) is 0 Å². The second-order valence-corrected chi connectivity index (χ2v) is 8.22. The number of imide groups is 1. The highest BCUT2D eigenvalue weighted by atomic mass is 32.2. The van der Waals surface area contributed by atoms with E-state index in [1.54, 1.807) is 0 Å². The topological polar surface area (TPSA) is 49.9 Å². The molecule has 4 rings (SSSR count). The fourth-order valence-corrected chi connectivity index (χ4v) is 4.46. The molecule has 150 valence electrons. The van der Waals surface area contributed by atoms with Gasteiger partial charge in [0.1, 0.15) is 12.4 Å². The van der Waals surface area contributed by atoms with Crippen LogP contribution in [0.3, 0.4) is 0 Å². The summed E-state index contributed by atoms with van der Waals surface area (Å²) >= 11 is 0.994. The molecule has 2 heterocycles. The molecule has 2 amide bonds. The summed E-state index contributed by atoms with van der Waals surface area (Å²) in [6.07, 6.45) is 4.30. The van der Waals surface area contributed by atoms with Gasteiger partial charge in [0.2, 0.25) is 0 Å². The van der Waals surface area contributed by atoms with Crippen molar-refractivity contribution in [2.45, 2.75) is 19.8 Å². The van der Waals surface area contributed by atoms with E-state index in [-0.39, 0.29) is 24.3 Å². The van der Waals surface area contributed by atoms with Crippen LogP contribution in [-0.4, -0.2) is 42.3 Å². The van der Waals surface area contributed by atoms with Crippen molar-refractivity contribution in [2.24, 2.45) is 0 Å². The van der Waals surface area contributed by atoms with Crippen LogP contribution in [0.15, 0.2) is 53.4 Å². The summed E-state index contributed by atoms with van der Waals surface area (Å²) in [6, 6.07) is 15.7. The van der Waals surface area contributed by atoms with E-state index < -0.39 is 0 Å². The molecule has 2 aromatic carbocycles. The smallest absolute Gasteiger partial charge is 0.293 e. The fourth-order valence-electron chi connectivity index (χ4n) is 3.60.